The molecule has 0 atom stereocenters. The van der Waals surface area contributed by atoms with E-state index in [0.717, 1.165) is 47.0 Å². The van der Waals surface area contributed by atoms with Crippen LogP contribution < -0.4 is 10.2 Å². The van der Waals surface area contributed by atoms with Crippen molar-refractivity contribution in [2.75, 3.05) is 23.3 Å². The normalized spacial score (nSPS) is 15.1. The van der Waals surface area contributed by atoms with Gasteiger partial charge in [-0.15, -0.1) is 10.2 Å². The third kappa shape index (κ3) is 3.71. The van der Waals surface area contributed by atoms with Crippen molar-refractivity contribution in [3.8, 4) is 0 Å². The molecule has 0 amide bonds. The molecule has 22 heavy (non-hydrogen) atoms. The number of nitrogens with zero attached hydrogens (tertiary/aromatic N) is 5. The molecule has 0 bridgehead atoms. The van der Waals surface area contributed by atoms with Crippen LogP contribution in [0.1, 0.15) is 41.9 Å². The molecule has 0 unspecified atom stereocenters. The Labute approximate surface area is 135 Å². The summed E-state index contributed by atoms with van der Waals surface area (Å²) in [4.78, 5) is 11.5. The smallest absolute Gasteiger partial charge is 0.227 e. The molecule has 0 radical (unpaired) electrons. The zero-order valence-corrected chi connectivity index (χ0v) is 14.0. The Morgan fingerprint density at radius 3 is 2.64 bits per heavy atom. The number of anilines is 2. The van der Waals surface area contributed by atoms with E-state index in [1.165, 1.54) is 19.3 Å². The molecule has 1 fully saturated rings. The summed E-state index contributed by atoms with van der Waals surface area (Å²) in [5.74, 6) is 1.70. The standard InChI is InChI=1S/C15H22N6S/c1-3-13-19-20-14(22-13)10-16-12-9-11(2)17-15(18-12)21-7-5-4-6-8-21/h9H,3-8,10H2,1-2H3,(H,16,17,18). The fourth-order valence-electron chi connectivity index (χ4n) is 2.55. The summed E-state index contributed by atoms with van der Waals surface area (Å²) in [7, 11) is 0. The van der Waals surface area contributed by atoms with Gasteiger partial charge in [-0.25, -0.2) is 4.98 Å². The van der Waals surface area contributed by atoms with Crippen LogP contribution in [0.2, 0.25) is 0 Å². The molecular formula is C15H22N6S. The van der Waals surface area contributed by atoms with Gasteiger partial charge in [0.1, 0.15) is 15.8 Å². The molecule has 0 saturated carbocycles. The monoisotopic (exact) mass is 318 g/mol. The number of nitrogens with one attached hydrogen (secondary N) is 1. The highest BCUT2D eigenvalue weighted by Crippen LogP contribution is 2.19. The molecule has 0 aliphatic carbocycles. The van der Waals surface area contributed by atoms with Crippen LogP contribution in [0.25, 0.3) is 0 Å². The highest BCUT2D eigenvalue weighted by molar-refractivity contribution is 7.11. The Balaban J connectivity index is 1.68. The lowest BCUT2D eigenvalue weighted by atomic mass is 10.1. The van der Waals surface area contributed by atoms with Crippen molar-refractivity contribution in [2.24, 2.45) is 0 Å². The minimum atomic E-state index is 0.660. The first kappa shape index (κ1) is 15.1. The van der Waals surface area contributed by atoms with E-state index in [1.807, 2.05) is 13.0 Å². The van der Waals surface area contributed by atoms with Crippen molar-refractivity contribution in [3.05, 3.63) is 21.8 Å². The van der Waals surface area contributed by atoms with Crippen molar-refractivity contribution in [1.29, 1.82) is 0 Å². The molecule has 2 aromatic rings. The zero-order chi connectivity index (χ0) is 15.4. The van der Waals surface area contributed by atoms with Gasteiger partial charge in [0.05, 0.1) is 6.54 Å². The van der Waals surface area contributed by atoms with Gasteiger partial charge >= 0.3 is 0 Å². The van der Waals surface area contributed by atoms with Gasteiger partial charge in [-0.05, 0) is 32.6 Å². The number of rotatable bonds is 5. The molecule has 0 spiro atoms. The highest BCUT2D eigenvalue weighted by Gasteiger charge is 2.14. The SMILES string of the molecule is CCc1nnc(CNc2cc(C)nc(N3CCCCC3)n2)s1. The van der Waals surface area contributed by atoms with E-state index in [9.17, 15) is 0 Å². The fourth-order valence-corrected chi connectivity index (χ4v) is 3.27. The molecule has 3 rings (SSSR count). The Hall–Kier alpha value is -1.76. The van der Waals surface area contributed by atoms with Crippen LogP contribution in [0.3, 0.4) is 0 Å². The van der Waals surface area contributed by atoms with Crippen LogP contribution in [-0.4, -0.2) is 33.3 Å². The van der Waals surface area contributed by atoms with Gasteiger partial charge in [0.25, 0.3) is 0 Å². The summed E-state index contributed by atoms with van der Waals surface area (Å²) in [6.45, 7) is 6.88. The second-order valence-corrected chi connectivity index (χ2v) is 6.69. The van der Waals surface area contributed by atoms with E-state index >= 15 is 0 Å². The van der Waals surface area contributed by atoms with Crippen molar-refractivity contribution >= 4 is 23.1 Å². The summed E-state index contributed by atoms with van der Waals surface area (Å²) in [6, 6.07) is 1.98. The summed E-state index contributed by atoms with van der Waals surface area (Å²) >= 11 is 1.65. The maximum Gasteiger partial charge on any atom is 0.227 e. The van der Waals surface area contributed by atoms with Gasteiger partial charge in [-0.3, -0.25) is 0 Å². The minimum Gasteiger partial charge on any atom is -0.363 e. The van der Waals surface area contributed by atoms with Gasteiger partial charge < -0.3 is 10.2 Å². The molecule has 0 aromatic carbocycles. The van der Waals surface area contributed by atoms with E-state index in [2.05, 4.69) is 37.3 Å². The van der Waals surface area contributed by atoms with E-state index in [1.54, 1.807) is 11.3 Å². The van der Waals surface area contributed by atoms with Gasteiger partial charge in [0, 0.05) is 24.8 Å². The first-order chi connectivity index (χ1) is 10.7. The average molecular weight is 318 g/mol. The quantitative estimate of drug-likeness (QED) is 0.914. The van der Waals surface area contributed by atoms with Crippen LogP contribution in [0.5, 0.6) is 0 Å². The zero-order valence-electron chi connectivity index (χ0n) is 13.2. The lowest BCUT2D eigenvalue weighted by Gasteiger charge is -2.27. The Kier molecular flexibility index (Phi) is 4.82. The van der Waals surface area contributed by atoms with Crippen molar-refractivity contribution < 1.29 is 0 Å². The van der Waals surface area contributed by atoms with Crippen LogP contribution >= 0.6 is 11.3 Å². The van der Waals surface area contributed by atoms with E-state index < -0.39 is 0 Å². The number of aryl methyl sites for hydroxylation is 2. The number of hydrogen-bond donors (Lipinski definition) is 1. The van der Waals surface area contributed by atoms with Crippen LogP contribution in [-0.2, 0) is 13.0 Å². The molecule has 118 valence electrons. The number of piperidine rings is 1. The molecule has 1 saturated heterocycles. The van der Waals surface area contributed by atoms with Crippen molar-refractivity contribution in [1.82, 2.24) is 20.2 Å². The van der Waals surface area contributed by atoms with Crippen LogP contribution in [0, 0.1) is 6.92 Å². The average Bonchev–Trinajstić information content (AvgIpc) is 3.01. The second kappa shape index (κ2) is 7.00. The molecule has 3 heterocycles. The molecule has 1 aliphatic heterocycles. The minimum absolute atomic E-state index is 0.660. The third-order valence-electron chi connectivity index (χ3n) is 3.71. The van der Waals surface area contributed by atoms with Crippen molar-refractivity contribution in [3.63, 3.8) is 0 Å². The fraction of sp³-hybridized carbons (Fsp3) is 0.600. The van der Waals surface area contributed by atoms with Crippen molar-refractivity contribution in [2.45, 2.75) is 46.1 Å². The highest BCUT2D eigenvalue weighted by atomic mass is 32.1. The van der Waals surface area contributed by atoms with Gasteiger partial charge in [0.15, 0.2) is 0 Å². The summed E-state index contributed by atoms with van der Waals surface area (Å²) in [6.07, 6.45) is 4.70. The molecule has 7 heteroatoms. The first-order valence-electron chi connectivity index (χ1n) is 7.90. The molecular weight excluding hydrogens is 296 g/mol. The molecule has 1 N–H and O–H groups in total. The van der Waals surface area contributed by atoms with Crippen LogP contribution in [0.4, 0.5) is 11.8 Å². The molecule has 2 aromatic heterocycles. The van der Waals surface area contributed by atoms with Crippen LogP contribution in [0.15, 0.2) is 6.07 Å². The maximum atomic E-state index is 4.66. The molecule has 6 nitrogen and oxygen atoms in total. The lowest BCUT2D eigenvalue weighted by Crippen LogP contribution is -2.31. The van der Waals surface area contributed by atoms with Gasteiger partial charge in [-0.2, -0.15) is 4.98 Å². The first-order valence-corrected chi connectivity index (χ1v) is 8.72. The number of hydrogen-bond acceptors (Lipinski definition) is 7. The Morgan fingerprint density at radius 1 is 1.14 bits per heavy atom. The molecule has 1 aliphatic rings. The Bertz CT molecular complexity index is 620. The third-order valence-corrected chi connectivity index (χ3v) is 4.78. The van der Waals surface area contributed by atoms with Gasteiger partial charge in [0.2, 0.25) is 5.95 Å². The predicted octanol–water partition coefficient (Wildman–Crippen LogP) is 2.80. The maximum absolute atomic E-state index is 4.66. The summed E-state index contributed by atoms with van der Waals surface area (Å²) in [5, 5.41) is 13.7. The largest absolute Gasteiger partial charge is 0.363 e. The van der Waals surface area contributed by atoms with E-state index in [-0.39, 0.29) is 0 Å². The summed E-state index contributed by atoms with van der Waals surface area (Å²) < 4.78 is 0. The topological polar surface area (TPSA) is 66.8 Å². The van der Waals surface area contributed by atoms with E-state index in [0.29, 0.717) is 6.54 Å². The summed E-state index contributed by atoms with van der Waals surface area (Å²) in [5.41, 5.74) is 0.990. The second-order valence-electron chi connectivity index (χ2n) is 5.54. The lowest BCUT2D eigenvalue weighted by molar-refractivity contribution is 0.568. The predicted molar refractivity (Wildman–Crippen MR) is 89.4 cm³/mol. The number of aromatic nitrogens is 4. The Morgan fingerprint density at radius 2 is 1.91 bits per heavy atom. The van der Waals surface area contributed by atoms with E-state index in [4.69, 9.17) is 0 Å². The van der Waals surface area contributed by atoms with Gasteiger partial charge in [-0.1, -0.05) is 18.3 Å².